The number of fused-ring (bicyclic) bond motifs is 9. The molecule has 0 spiro atoms. The predicted octanol–water partition coefficient (Wildman–Crippen LogP) is 5.01. The third-order valence-corrected chi connectivity index (χ3v) is 14.3. The summed E-state index contributed by atoms with van der Waals surface area (Å²) in [5.41, 5.74) is 6.59. The second kappa shape index (κ2) is 13.9. The van der Waals surface area contributed by atoms with Gasteiger partial charge in [0.15, 0.2) is 0 Å². The van der Waals surface area contributed by atoms with Crippen LogP contribution >= 0.6 is 0 Å². The normalized spacial score (nSPS) is 25.1. The van der Waals surface area contributed by atoms with E-state index in [1.54, 1.807) is 13.2 Å². The highest BCUT2D eigenvalue weighted by Gasteiger charge is 2.59. The molecule has 2 bridgehead atoms. The SMILES string of the molecule is COc1ccc2c(c1)C1CC1(NC(=O)N1CC3CNCC(C1)N3Cc1ccccc1)Cn1c-2c(C2CCCCC2)c2ccc(C(=O)NS(=O)(=O)N(C)C)cc21. The number of carbonyl (C=O) groups excluding carboxylic acids is 2. The molecule has 3 N–H and O–H groups in total. The van der Waals surface area contributed by atoms with Gasteiger partial charge in [-0.25, -0.2) is 9.52 Å². The maximum Gasteiger partial charge on any atom is 0.318 e. The molecular weight excluding hydrogens is 715 g/mol. The fraction of sp³-hybridized carbons (Fsp3) is 0.476. The van der Waals surface area contributed by atoms with E-state index in [-0.39, 0.29) is 29.6 Å². The van der Waals surface area contributed by atoms with Crippen LogP contribution in [0.2, 0.25) is 0 Å². The number of piperazine rings is 2. The highest BCUT2D eigenvalue weighted by molar-refractivity contribution is 7.87. The number of aromatic nitrogens is 1. The van der Waals surface area contributed by atoms with Gasteiger partial charge in [-0.2, -0.15) is 12.7 Å². The third kappa shape index (κ3) is 6.48. The van der Waals surface area contributed by atoms with Gasteiger partial charge in [-0.3, -0.25) is 9.69 Å². The van der Waals surface area contributed by atoms with E-state index in [4.69, 9.17) is 4.74 Å². The van der Waals surface area contributed by atoms with E-state index in [9.17, 15) is 18.0 Å². The summed E-state index contributed by atoms with van der Waals surface area (Å²) in [6.07, 6.45) is 6.49. The van der Waals surface area contributed by atoms with Crippen molar-refractivity contribution in [1.29, 1.82) is 0 Å². The highest BCUT2D eigenvalue weighted by atomic mass is 32.2. The van der Waals surface area contributed by atoms with Crippen LogP contribution in [-0.4, -0.2) is 104 Å². The van der Waals surface area contributed by atoms with Crippen molar-refractivity contribution in [3.8, 4) is 17.0 Å². The number of amides is 3. The Labute approximate surface area is 323 Å². The fourth-order valence-electron chi connectivity index (χ4n) is 9.94. The van der Waals surface area contributed by atoms with E-state index in [2.05, 4.69) is 61.2 Å². The van der Waals surface area contributed by atoms with Crippen molar-refractivity contribution in [2.45, 2.75) is 81.1 Å². The number of hydrogen-bond donors (Lipinski definition) is 3. The van der Waals surface area contributed by atoms with Crippen LogP contribution in [0.15, 0.2) is 66.7 Å². The summed E-state index contributed by atoms with van der Waals surface area (Å²) in [5.74, 6) is 0.526. The first kappa shape index (κ1) is 36.2. The Kier molecular flexibility index (Phi) is 9.18. The van der Waals surface area contributed by atoms with E-state index in [1.807, 2.05) is 29.2 Å². The molecule has 3 aliphatic heterocycles. The smallest absolute Gasteiger partial charge is 0.318 e. The lowest BCUT2D eigenvalue weighted by atomic mass is 9.81. The molecule has 2 saturated heterocycles. The topological polar surface area (TPSA) is 128 Å². The van der Waals surface area contributed by atoms with Gasteiger partial charge < -0.3 is 24.8 Å². The first-order valence-electron chi connectivity index (χ1n) is 19.7. The van der Waals surface area contributed by atoms with Gasteiger partial charge in [0, 0.05) is 93.4 Å². The average Bonchev–Trinajstić information content (AvgIpc) is 3.81. The van der Waals surface area contributed by atoms with Gasteiger partial charge in [0.2, 0.25) is 0 Å². The number of hydrogen-bond acceptors (Lipinski definition) is 7. The Bertz CT molecular complexity index is 2240. The molecule has 3 amide bonds. The first-order chi connectivity index (χ1) is 26.5. The molecule has 4 unspecified atom stereocenters. The van der Waals surface area contributed by atoms with Crippen molar-refractivity contribution in [2.75, 3.05) is 47.4 Å². The summed E-state index contributed by atoms with van der Waals surface area (Å²) in [6.45, 7) is 4.36. The van der Waals surface area contributed by atoms with E-state index in [0.717, 1.165) is 84.0 Å². The molecule has 2 saturated carbocycles. The second-order valence-corrected chi connectivity index (χ2v) is 18.3. The molecule has 2 aliphatic carbocycles. The molecule has 55 heavy (non-hydrogen) atoms. The van der Waals surface area contributed by atoms with Gasteiger partial charge in [-0.05, 0) is 72.2 Å². The Morgan fingerprint density at radius 3 is 2.42 bits per heavy atom. The third-order valence-electron chi connectivity index (χ3n) is 12.9. The monoisotopic (exact) mass is 765 g/mol. The van der Waals surface area contributed by atoms with Crippen molar-refractivity contribution >= 4 is 33.1 Å². The van der Waals surface area contributed by atoms with Crippen LogP contribution in [0.1, 0.15) is 77.4 Å². The molecular formula is C42H51N7O5S. The summed E-state index contributed by atoms with van der Waals surface area (Å²) >= 11 is 0. The number of methoxy groups -OCH3 is 1. The maximum atomic E-state index is 14.5. The molecule has 9 rings (SSSR count). The molecule has 13 heteroatoms. The number of nitrogens with one attached hydrogen (secondary N) is 3. The molecule has 5 aliphatic rings. The molecule has 12 nitrogen and oxygen atoms in total. The first-order valence-corrected chi connectivity index (χ1v) is 21.2. The zero-order valence-corrected chi connectivity index (χ0v) is 32.7. The molecule has 4 fully saturated rings. The molecule has 4 aromatic rings. The number of rotatable bonds is 8. The van der Waals surface area contributed by atoms with Gasteiger partial charge in [0.1, 0.15) is 5.75 Å². The summed E-state index contributed by atoms with van der Waals surface area (Å²) in [6, 6.07) is 22.9. The molecule has 4 atom stereocenters. The molecule has 0 radical (unpaired) electrons. The largest absolute Gasteiger partial charge is 0.497 e. The van der Waals surface area contributed by atoms with Crippen LogP contribution in [-0.2, 0) is 23.3 Å². The van der Waals surface area contributed by atoms with Crippen molar-refractivity contribution in [1.82, 2.24) is 34.0 Å². The minimum atomic E-state index is -3.99. The minimum Gasteiger partial charge on any atom is -0.497 e. The Morgan fingerprint density at radius 2 is 1.71 bits per heavy atom. The Morgan fingerprint density at radius 1 is 0.964 bits per heavy atom. The van der Waals surface area contributed by atoms with Gasteiger partial charge >= 0.3 is 16.2 Å². The molecule has 3 aromatic carbocycles. The van der Waals surface area contributed by atoms with Crippen LogP contribution in [0.4, 0.5) is 4.79 Å². The quantitative estimate of drug-likeness (QED) is 0.230. The van der Waals surface area contributed by atoms with Crippen LogP contribution < -0.4 is 20.1 Å². The number of ether oxygens (including phenoxy) is 1. The van der Waals surface area contributed by atoms with Gasteiger partial charge in [-0.1, -0.05) is 55.7 Å². The summed E-state index contributed by atoms with van der Waals surface area (Å²) in [7, 11) is 0.488. The van der Waals surface area contributed by atoms with E-state index in [1.165, 1.54) is 37.2 Å². The van der Waals surface area contributed by atoms with Gasteiger partial charge in [-0.15, -0.1) is 0 Å². The number of urea groups is 1. The van der Waals surface area contributed by atoms with Crippen molar-refractivity contribution in [2.24, 2.45) is 0 Å². The number of nitrogens with zero attached hydrogens (tertiary/aromatic N) is 4. The van der Waals surface area contributed by atoms with E-state index in [0.29, 0.717) is 25.6 Å². The minimum absolute atomic E-state index is 0.0374. The maximum absolute atomic E-state index is 14.5. The Hall–Kier alpha value is -4.43. The summed E-state index contributed by atoms with van der Waals surface area (Å²) < 4.78 is 36.6. The van der Waals surface area contributed by atoms with Crippen molar-refractivity contribution in [3.63, 3.8) is 0 Å². The molecule has 4 heterocycles. The molecule has 1 aromatic heterocycles. The lowest BCUT2D eigenvalue weighted by Crippen LogP contribution is -2.69. The van der Waals surface area contributed by atoms with Gasteiger partial charge in [0.05, 0.1) is 18.3 Å². The van der Waals surface area contributed by atoms with Crippen LogP contribution in [0.3, 0.4) is 0 Å². The van der Waals surface area contributed by atoms with Crippen molar-refractivity contribution in [3.05, 3.63) is 89.0 Å². The van der Waals surface area contributed by atoms with Crippen molar-refractivity contribution < 1.29 is 22.7 Å². The van der Waals surface area contributed by atoms with E-state index < -0.39 is 21.7 Å². The molecule has 290 valence electrons. The second-order valence-electron chi connectivity index (χ2n) is 16.5. The van der Waals surface area contributed by atoms with Crippen LogP contribution in [0.25, 0.3) is 22.2 Å². The number of carbonyl (C=O) groups is 2. The van der Waals surface area contributed by atoms with Crippen LogP contribution in [0, 0.1) is 0 Å². The fourth-order valence-corrected chi connectivity index (χ4v) is 10.5. The van der Waals surface area contributed by atoms with E-state index >= 15 is 0 Å². The summed E-state index contributed by atoms with van der Waals surface area (Å²) in [5, 5.41) is 8.28. The lowest BCUT2D eigenvalue weighted by Gasteiger charge is -2.50. The zero-order valence-electron chi connectivity index (χ0n) is 31.9. The summed E-state index contributed by atoms with van der Waals surface area (Å²) in [4.78, 5) is 32.6. The predicted molar refractivity (Wildman–Crippen MR) is 212 cm³/mol. The lowest BCUT2D eigenvalue weighted by molar-refractivity contribution is 0.0101. The number of benzene rings is 3. The van der Waals surface area contributed by atoms with Crippen LogP contribution in [0.5, 0.6) is 5.75 Å². The van der Waals surface area contributed by atoms with Gasteiger partial charge in [0.25, 0.3) is 5.91 Å². The highest BCUT2D eigenvalue weighted by Crippen LogP contribution is 2.60. The standard InChI is InChI=1S/C42H51N7O5S/c1-46(2)55(52,53)45-40(50)29-14-16-34-37(18-29)49-26-42(44-41(51)47-24-30-21-43-22-31(25-47)48(30)23-27-10-6-4-7-11-27)20-36(42)35-19-32(54-3)15-17-33(35)39(49)38(34)28-12-8-5-9-13-28/h4,6-7,10-11,14-19,28,30-31,36,43H,5,8-9,12-13,20-26H2,1-3H3,(H,44,51)(H,45,50). The zero-order chi connectivity index (χ0) is 38.1. The average molecular weight is 766 g/mol. The Balaban J connectivity index is 1.10.